The van der Waals surface area contributed by atoms with Gasteiger partial charge in [0.25, 0.3) is 11.2 Å². The molecule has 0 saturated heterocycles. The molecule has 214 valence electrons. The highest BCUT2D eigenvalue weighted by atomic mass is 32.1. The van der Waals surface area contributed by atoms with Gasteiger partial charge in [-0.3, -0.25) is 14.9 Å². The maximum atomic E-state index is 13.3. The summed E-state index contributed by atoms with van der Waals surface area (Å²) in [5.41, 5.74) is 3.46. The molecule has 0 saturated carbocycles. The summed E-state index contributed by atoms with van der Waals surface area (Å²) in [5.74, 6) is 1.26. The summed E-state index contributed by atoms with van der Waals surface area (Å²) < 4.78 is 9.18. The van der Waals surface area contributed by atoms with Crippen LogP contribution in [0.4, 0.5) is 5.69 Å². The molecule has 3 heterocycles. The van der Waals surface area contributed by atoms with Crippen molar-refractivity contribution in [1.29, 1.82) is 0 Å². The average molecular weight is 591 g/mol. The summed E-state index contributed by atoms with van der Waals surface area (Å²) in [6.07, 6.45) is 9.35. The Labute approximate surface area is 250 Å². The molecule has 0 radical (unpaired) electrons. The van der Waals surface area contributed by atoms with Crippen molar-refractivity contribution in [3.05, 3.63) is 127 Å². The van der Waals surface area contributed by atoms with Gasteiger partial charge >= 0.3 is 0 Å². The fraction of sp³-hybridized carbons (Fsp3) is 0.125. The van der Waals surface area contributed by atoms with Gasteiger partial charge in [-0.1, -0.05) is 61.1 Å². The number of ether oxygens (including phenoxy) is 1. The van der Waals surface area contributed by atoms with Gasteiger partial charge in [-0.05, 0) is 60.5 Å². The van der Waals surface area contributed by atoms with Crippen molar-refractivity contribution in [2.24, 2.45) is 0 Å². The van der Waals surface area contributed by atoms with E-state index in [4.69, 9.17) is 9.84 Å². The van der Waals surface area contributed by atoms with Crippen LogP contribution in [-0.2, 0) is 0 Å². The molecule has 0 aliphatic heterocycles. The fourth-order valence-electron chi connectivity index (χ4n) is 4.41. The minimum absolute atomic E-state index is 0.0116. The van der Waals surface area contributed by atoms with Gasteiger partial charge in [0.05, 0.1) is 21.7 Å². The summed E-state index contributed by atoms with van der Waals surface area (Å²) in [5, 5.41) is 20.3. The SMILES string of the molecule is CCCCOc1ccc(/C=C/c2nc3s/c(=C\c4cn(-c5ccccc5)nc4-c4ccc([N+](=O)[O-])cc4)c(=O)n3n2)cc1. The Bertz CT molecular complexity index is 2030. The van der Waals surface area contributed by atoms with E-state index in [1.807, 2.05) is 66.9 Å². The molecule has 11 heteroatoms. The number of non-ortho nitro benzene ring substituents is 1. The van der Waals surface area contributed by atoms with E-state index < -0.39 is 4.92 Å². The van der Waals surface area contributed by atoms with E-state index in [1.54, 1.807) is 29.0 Å². The number of nitrogens with zero attached hydrogens (tertiary/aromatic N) is 6. The molecule has 3 aromatic heterocycles. The van der Waals surface area contributed by atoms with Gasteiger partial charge < -0.3 is 4.74 Å². The van der Waals surface area contributed by atoms with Gasteiger partial charge in [-0.2, -0.15) is 14.6 Å². The third-order valence-electron chi connectivity index (χ3n) is 6.67. The quantitative estimate of drug-likeness (QED) is 0.112. The molecule has 0 aliphatic rings. The number of nitro benzene ring substituents is 1. The van der Waals surface area contributed by atoms with E-state index in [0.717, 1.165) is 29.8 Å². The zero-order valence-corrected chi connectivity index (χ0v) is 24.0. The average Bonchev–Trinajstić information content (AvgIpc) is 3.72. The Morgan fingerprint density at radius 2 is 1.74 bits per heavy atom. The van der Waals surface area contributed by atoms with E-state index in [0.29, 0.717) is 38.7 Å². The standard InChI is InChI=1S/C32H26N6O4S/c1-2-3-19-42-27-16-9-22(10-17-27)11-18-29-33-32-37(34-29)31(39)28(43-32)20-24-21-36(25-7-5-4-6-8-25)35-30(24)23-12-14-26(15-13-23)38(40)41/h4-18,20-21H,2-3,19H2,1H3/b18-11+,28-20-. The molecule has 0 N–H and O–H groups in total. The first-order chi connectivity index (χ1) is 21.0. The van der Waals surface area contributed by atoms with Crippen LogP contribution in [-0.4, -0.2) is 35.9 Å². The predicted molar refractivity (Wildman–Crippen MR) is 167 cm³/mol. The molecular weight excluding hydrogens is 564 g/mol. The van der Waals surface area contributed by atoms with Crippen LogP contribution >= 0.6 is 11.3 Å². The third kappa shape index (κ3) is 6.11. The minimum Gasteiger partial charge on any atom is -0.494 e. The van der Waals surface area contributed by atoms with Crippen LogP contribution in [0.3, 0.4) is 0 Å². The number of hydrogen-bond acceptors (Lipinski definition) is 8. The lowest BCUT2D eigenvalue weighted by Gasteiger charge is -2.04. The molecule has 0 unspecified atom stereocenters. The van der Waals surface area contributed by atoms with Crippen molar-refractivity contribution in [1.82, 2.24) is 24.4 Å². The molecule has 10 nitrogen and oxygen atoms in total. The van der Waals surface area contributed by atoms with E-state index in [1.165, 1.54) is 28.0 Å². The number of nitro groups is 1. The van der Waals surface area contributed by atoms with Gasteiger partial charge in [-0.25, -0.2) is 4.68 Å². The maximum absolute atomic E-state index is 13.3. The Morgan fingerprint density at radius 3 is 2.44 bits per heavy atom. The topological polar surface area (TPSA) is 117 Å². The van der Waals surface area contributed by atoms with Crippen LogP contribution in [0.1, 0.15) is 36.7 Å². The normalized spacial score (nSPS) is 12.0. The zero-order chi connectivity index (χ0) is 29.8. The van der Waals surface area contributed by atoms with Crippen molar-refractivity contribution >= 4 is 40.2 Å². The molecule has 6 aromatic rings. The first kappa shape index (κ1) is 27.7. The van der Waals surface area contributed by atoms with E-state index in [9.17, 15) is 14.9 Å². The first-order valence-corrected chi connectivity index (χ1v) is 14.5. The summed E-state index contributed by atoms with van der Waals surface area (Å²) in [6.45, 7) is 2.83. The smallest absolute Gasteiger partial charge is 0.291 e. The lowest BCUT2D eigenvalue weighted by molar-refractivity contribution is -0.384. The second-order valence-corrected chi connectivity index (χ2v) is 10.7. The molecule has 0 atom stereocenters. The summed E-state index contributed by atoms with van der Waals surface area (Å²) in [6, 6.07) is 23.5. The molecule has 6 rings (SSSR count). The molecule has 0 bridgehead atoms. The molecule has 3 aromatic carbocycles. The summed E-state index contributed by atoms with van der Waals surface area (Å²) in [4.78, 5) is 29.0. The number of unbranched alkanes of at least 4 members (excludes halogenated alkanes) is 1. The number of hydrogen-bond donors (Lipinski definition) is 0. The van der Waals surface area contributed by atoms with E-state index in [2.05, 4.69) is 17.0 Å². The molecular formula is C32H26N6O4S. The number of thiazole rings is 1. The van der Waals surface area contributed by atoms with Gasteiger partial charge in [0.15, 0.2) is 5.82 Å². The number of fused-ring (bicyclic) bond motifs is 1. The van der Waals surface area contributed by atoms with Gasteiger partial charge in [-0.15, -0.1) is 5.10 Å². The second-order valence-electron chi connectivity index (χ2n) is 9.70. The van der Waals surface area contributed by atoms with Crippen molar-refractivity contribution < 1.29 is 9.66 Å². The zero-order valence-electron chi connectivity index (χ0n) is 23.2. The number of aromatic nitrogens is 5. The summed E-state index contributed by atoms with van der Waals surface area (Å²) >= 11 is 1.23. The molecule has 0 fully saturated rings. The molecule has 43 heavy (non-hydrogen) atoms. The second kappa shape index (κ2) is 12.2. The Balaban J connectivity index is 1.30. The maximum Gasteiger partial charge on any atom is 0.291 e. The van der Waals surface area contributed by atoms with Gasteiger partial charge in [0.2, 0.25) is 4.96 Å². The number of rotatable bonds is 10. The van der Waals surface area contributed by atoms with Crippen LogP contribution in [0.2, 0.25) is 0 Å². The van der Waals surface area contributed by atoms with Crippen molar-refractivity contribution in [3.8, 4) is 22.7 Å². The first-order valence-electron chi connectivity index (χ1n) is 13.7. The van der Waals surface area contributed by atoms with Crippen LogP contribution < -0.4 is 14.8 Å². The van der Waals surface area contributed by atoms with Crippen molar-refractivity contribution in [2.45, 2.75) is 19.8 Å². The number of para-hydroxylation sites is 1. The lowest BCUT2D eigenvalue weighted by atomic mass is 10.1. The Hall–Kier alpha value is -5.42. The highest BCUT2D eigenvalue weighted by molar-refractivity contribution is 7.15. The molecule has 0 spiro atoms. The van der Waals surface area contributed by atoms with Crippen LogP contribution in [0.15, 0.2) is 89.9 Å². The highest BCUT2D eigenvalue weighted by Gasteiger charge is 2.15. The van der Waals surface area contributed by atoms with Crippen molar-refractivity contribution in [3.63, 3.8) is 0 Å². The summed E-state index contributed by atoms with van der Waals surface area (Å²) in [7, 11) is 0. The Morgan fingerprint density at radius 1 is 0.977 bits per heavy atom. The van der Waals surface area contributed by atoms with E-state index in [-0.39, 0.29) is 11.2 Å². The van der Waals surface area contributed by atoms with Gasteiger partial charge in [0, 0.05) is 29.5 Å². The highest BCUT2D eigenvalue weighted by Crippen LogP contribution is 2.26. The fourth-order valence-corrected chi connectivity index (χ4v) is 5.32. The molecule has 0 aliphatic carbocycles. The predicted octanol–water partition coefficient (Wildman–Crippen LogP) is 5.81. The molecule has 0 amide bonds. The van der Waals surface area contributed by atoms with Crippen LogP contribution in [0.25, 0.3) is 40.1 Å². The lowest BCUT2D eigenvalue weighted by Crippen LogP contribution is -2.23. The van der Waals surface area contributed by atoms with Crippen molar-refractivity contribution in [2.75, 3.05) is 6.61 Å². The van der Waals surface area contributed by atoms with Crippen LogP contribution in [0.5, 0.6) is 5.75 Å². The number of benzene rings is 3. The monoisotopic (exact) mass is 590 g/mol. The van der Waals surface area contributed by atoms with Crippen LogP contribution in [0, 0.1) is 10.1 Å². The minimum atomic E-state index is -0.443. The Kier molecular flexibility index (Phi) is 7.88. The van der Waals surface area contributed by atoms with E-state index >= 15 is 0 Å². The largest absolute Gasteiger partial charge is 0.494 e. The van der Waals surface area contributed by atoms with Gasteiger partial charge in [0.1, 0.15) is 11.4 Å². The third-order valence-corrected chi connectivity index (χ3v) is 7.63.